The second-order valence-corrected chi connectivity index (χ2v) is 8.23. The number of aromatic nitrogens is 2. The molecule has 1 aliphatic rings. The molecule has 2 atom stereocenters. The Labute approximate surface area is 129 Å². The van der Waals surface area contributed by atoms with Gasteiger partial charge in [0, 0.05) is 17.7 Å². The minimum Gasteiger partial charge on any atom is -0.348 e. The summed E-state index contributed by atoms with van der Waals surface area (Å²) < 4.78 is 23.4. The molecule has 0 unspecified atom stereocenters. The summed E-state index contributed by atoms with van der Waals surface area (Å²) in [6.45, 7) is 0. The van der Waals surface area contributed by atoms with Crippen LogP contribution in [0.2, 0.25) is 0 Å². The zero-order valence-electron chi connectivity index (χ0n) is 12.4. The maximum Gasteiger partial charge on any atom is 0.272 e. The Kier molecular flexibility index (Phi) is 3.90. The van der Waals surface area contributed by atoms with Crippen molar-refractivity contribution < 1.29 is 13.2 Å². The van der Waals surface area contributed by atoms with Crippen molar-refractivity contribution in [2.75, 3.05) is 6.26 Å². The van der Waals surface area contributed by atoms with E-state index in [-0.39, 0.29) is 17.2 Å². The molecule has 0 radical (unpaired) electrons. The fourth-order valence-electron chi connectivity index (χ4n) is 3.06. The van der Waals surface area contributed by atoms with E-state index in [1.165, 1.54) is 6.26 Å². The highest BCUT2D eigenvalue weighted by molar-refractivity contribution is 7.91. The third-order valence-electron chi connectivity index (χ3n) is 4.25. The number of nitrogens with zero attached hydrogens (tertiary/aromatic N) is 1. The quantitative estimate of drug-likeness (QED) is 0.899. The second kappa shape index (κ2) is 5.72. The summed E-state index contributed by atoms with van der Waals surface area (Å²) in [7, 11) is -3.06. The third kappa shape index (κ3) is 2.99. The van der Waals surface area contributed by atoms with E-state index in [1.54, 1.807) is 0 Å². The molecule has 2 N–H and O–H groups in total. The molecular weight excluding hydrogens is 302 g/mol. The van der Waals surface area contributed by atoms with Crippen molar-refractivity contribution in [3.8, 4) is 0 Å². The minimum atomic E-state index is -3.06. The first-order valence-electron chi connectivity index (χ1n) is 7.38. The van der Waals surface area contributed by atoms with E-state index in [0.717, 1.165) is 23.7 Å². The molecule has 1 fully saturated rings. The van der Waals surface area contributed by atoms with Crippen molar-refractivity contribution in [3.05, 3.63) is 30.0 Å². The van der Waals surface area contributed by atoms with Gasteiger partial charge >= 0.3 is 0 Å². The summed E-state index contributed by atoms with van der Waals surface area (Å²) in [6.07, 6.45) is 4.04. The van der Waals surface area contributed by atoms with Crippen LogP contribution in [0.1, 0.15) is 36.2 Å². The summed E-state index contributed by atoms with van der Waals surface area (Å²) in [5, 5.41) is 10.3. The first-order chi connectivity index (χ1) is 10.4. The molecule has 0 aliphatic heterocycles. The number of hydrogen-bond acceptors (Lipinski definition) is 4. The number of aromatic amines is 1. The maximum absolute atomic E-state index is 12.4. The number of amides is 1. The Morgan fingerprint density at radius 3 is 2.86 bits per heavy atom. The molecule has 2 aromatic rings. The molecule has 3 rings (SSSR count). The van der Waals surface area contributed by atoms with Crippen LogP contribution in [0, 0.1) is 0 Å². The summed E-state index contributed by atoms with van der Waals surface area (Å²) in [5.74, 6) is -0.253. The van der Waals surface area contributed by atoms with Gasteiger partial charge in [0.1, 0.15) is 9.84 Å². The van der Waals surface area contributed by atoms with Crippen molar-refractivity contribution in [1.29, 1.82) is 0 Å². The molecule has 0 bridgehead atoms. The number of sulfone groups is 1. The van der Waals surface area contributed by atoms with Gasteiger partial charge in [-0.3, -0.25) is 9.89 Å². The van der Waals surface area contributed by atoms with Crippen LogP contribution in [-0.2, 0) is 9.84 Å². The minimum absolute atomic E-state index is 0.114. The van der Waals surface area contributed by atoms with E-state index in [1.807, 2.05) is 24.3 Å². The number of carbonyl (C=O) groups is 1. The molecule has 1 amide bonds. The van der Waals surface area contributed by atoms with Crippen molar-refractivity contribution in [2.24, 2.45) is 0 Å². The maximum atomic E-state index is 12.4. The van der Waals surface area contributed by atoms with Crippen LogP contribution in [0.3, 0.4) is 0 Å². The van der Waals surface area contributed by atoms with E-state index in [9.17, 15) is 13.2 Å². The zero-order valence-corrected chi connectivity index (χ0v) is 13.2. The van der Waals surface area contributed by atoms with E-state index < -0.39 is 9.84 Å². The van der Waals surface area contributed by atoms with Gasteiger partial charge in [-0.2, -0.15) is 5.10 Å². The molecule has 118 valence electrons. The van der Waals surface area contributed by atoms with Gasteiger partial charge in [-0.05, 0) is 25.3 Å². The first-order valence-corrected chi connectivity index (χ1v) is 9.33. The van der Waals surface area contributed by atoms with Gasteiger partial charge in [0.25, 0.3) is 5.91 Å². The van der Waals surface area contributed by atoms with Crippen molar-refractivity contribution in [3.63, 3.8) is 0 Å². The van der Waals surface area contributed by atoms with Crippen molar-refractivity contribution in [2.45, 2.75) is 37.0 Å². The molecule has 7 heteroatoms. The number of nitrogens with one attached hydrogen (secondary N) is 2. The largest absolute Gasteiger partial charge is 0.348 e. The van der Waals surface area contributed by atoms with Gasteiger partial charge in [0.2, 0.25) is 0 Å². The van der Waals surface area contributed by atoms with E-state index in [2.05, 4.69) is 15.5 Å². The lowest BCUT2D eigenvalue weighted by atomic mass is 9.95. The van der Waals surface area contributed by atoms with Crippen LogP contribution in [0.4, 0.5) is 0 Å². The Morgan fingerprint density at radius 1 is 1.32 bits per heavy atom. The molecule has 1 aromatic carbocycles. The molecule has 0 saturated heterocycles. The van der Waals surface area contributed by atoms with Crippen LogP contribution in [0.15, 0.2) is 24.3 Å². The first kappa shape index (κ1) is 15.0. The number of carbonyl (C=O) groups excluding carboxylic acids is 1. The van der Waals surface area contributed by atoms with Crippen molar-refractivity contribution >= 4 is 26.6 Å². The van der Waals surface area contributed by atoms with Gasteiger partial charge < -0.3 is 5.32 Å². The summed E-state index contributed by atoms with van der Waals surface area (Å²) in [4.78, 5) is 12.4. The van der Waals surface area contributed by atoms with E-state index >= 15 is 0 Å². The number of H-pyrrole nitrogens is 1. The van der Waals surface area contributed by atoms with Gasteiger partial charge in [-0.15, -0.1) is 0 Å². The topological polar surface area (TPSA) is 91.9 Å². The number of hydrogen-bond donors (Lipinski definition) is 2. The predicted molar refractivity (Wildman–Crippen MR) is 84.4 cm³/mol. The summed E-state index contributed by atoms with van der Waals surface area (Å²) >= 11 is 0. The van der Waals surface area contributed by atoms with Gasteiger partial charge in [0.15, 0.2) is 5.69 Å². The second-order valence-electron chi connectivity index (χ2n) is 5.91. The Hall–Kier alpha value is -1.89. The van der Waals surface area contributed by atoms with Crippen LogP contribution in [0.5, 0.6) is 0 Å². The molecule has 0 spiro atoms. The average molecular weight is 321 g/mol. The lowest BCUT2D eigenvalue weighted by Gasteiger charge is -2.28. The monoisotopic (exact) mass is 321 g/mol. The molecule has 22 heavy (non-hydrogen) atoms. The number of fused-ring (bicyclic) bond motifs is 1. The Morgan fingerprint density at radius 2 is 2.09 bits per heavy atom. The standard InChI is InChI=1S/C15H19N3O3S/c1-22(20,21)11-6-4-5-10(9-11)16-15(19)14-12-7-2-3-8-13(12)17-18-14/h2-3,7-8,10-11H,4-6,9H2,1H3,(H,16,19)(H,17,18)/t10-,11-/m1/s1. The average Bonchev–Trinajstić information content (AvgIpc) is 2.90. The summed E-state index contributed by atoms with van der Waals surface area (Å²) in [6, 6.07) is 7.32. The molecule has 1 aromatic heterocycles. The smallest absolute Gasteiger partial charge is 0.272 e. The van der Waals surface area contributed by atoms with Crippen LogP contribution in [0.25, 0.3) is 10.9 Å². The van der Waals surface area contributed by atoms with Gasteiger partial charge in [-0.25, -0.2) is 8.42 Å². The SMILES string of the molecule is CS(=O)(=O)[C@@H]1CCC[C@@H](NC(=O)c2n[nH]c3ccccc23)C1. The Balaban J connectivity index is 1.74. The number of benzene rings is 1. The van der Waals surface area contributed by atoms with E-state index in [0.29, 0.717) is 18.5 Å². The highest BCUT2D eigenvalue weighted by atomic mass is 32.2. The lowest BCUT2D eigenvalue weighted by molar-refractivity contribution is 0.0924. The van der Waals surface area contributed by atoms with E-state index in [4.69, 9.17) is 0 Å². The highest BCUT2D eigenvalue weighted by Gasteiger charge is 2.30. The van der Waals surface area contributed by atoms with Crippen LogP contribution >= 0.6 is 0 Å². The molecule has 1 saturated carbocycles. The highest BCUT2D eigenvalue weighted by Crippen LogP contribution is 2.24. The van der Waals surface area contributed by atoms with Gasteiger partial charge in [-0.1, -0.05) is 24.6 Å². The van der Waals surface area contributed by atoms with Gasteiger partial charge in [0.05, 0.1) is 10.8 Å². The van der Waals surface area contributed by atoms with Crippen LogP contribution in [-0.4, -0.2) is 42.1 Å². The normalized spacial score (nSPS) is 22.6. The predicted octanol–water partition coefficient (Wildman–Crippen LogP) is 1.65. The number of rotatable bonds is 3. The molecule has 6 nitrogen and oxygen atoms in total. The third-order valence-corrected chi connectivity index (χ3v) is 5.89. The lowest BCUT2D eigenvalue weighted by Crippen LogP contribution is -2.41. The van der Waals surface area contributed by atoms with Crippen molar-refractivity contribution in [1.82, 2.24) is 15.5 Å². The zero-order chi connectivity index (χ0) is 15.7. The number of para-hydroxylation sites is 1. The molecule has 1 aliphatic carbocycles. The Bertz CT molecular complexity index is 797. The summed E-state index contributed by atoms with van der Waals surface area (Å²) in [5.41, 5.74) is 1.17. The molecular formula is C15H19N3O3S. The fraction of sp³-hybridized carbons (Fsp3) is 0.467. The fourth-order valence-corrected chi connectivity index (χ4v) is 4.23. The van der Waals surface area contributed by atoms with Crippen LogP contribution < -0.4 is 5.32 Å². The molecule has 1 heterocycles.